The number of nitrogens with one attached hydrogen (secondary N) is 1. The second kappa shape index (κ2) is 10.1. The van der Waals surface area contributed by atoms with Crippen molar-refractivity contribution in [2.24, 2.45) is 0 Å². The standard InChI is InChI=1S/C24H26N2O4S/c1-19(20-9-5-3-6-10-20)17-25-24(27)18-26(31(2,28)29)21-13-15-23(16-14-21)30-22-11-7-4-8-12-22/h3-16,19H,17-18H2,1-2H3,(H,25,27). The molecule has 0 saturated carbocycles. The fraction of sp³-hybridized carbons (Fsp3) is 0.208. The Morgan fingerprint density at radius 2 is 1.45 bits per heavy atom. The highest BCUT2D eigenvalue weighted by molar-refractivity contribution is 7.92. The SMILES string of the molecule is CC(CNC(=O)CN(c1ccc(Oc2ccccc2)cc1)S(C)(=O)=O)c1ccccc1. The second-order valence-corrected chi connectivity index (χ2v) is 9.20. The zero-order valence-corrected chi connectivity index (χ0v) is 18.4. The lowest BCUT2D eigenvalue weighted by molar-refractivity contribution is -0.119. The van der Waals surface area contributed by atoms with Crippen molar-refractivity contribution >= 4 is 21.6 Å². The first kappa shape index (κ1) is 22.4. The van der Waals surface area contributed by atoms with Gasteiger partial charge in [0.2, 0.25) is 15.9 Å². The largest absolute Gasteiger partial charge is 0.457 e. The van der Waals surface area contributed by atoms with Crippen LogP contribution in [0.15, 0.2) is 84.9 Å². The minimum absolute atomic E-state index is 0.117. The third-order valence-corrected chi connectivity index (χ3v) is 5.91. The highest BCUT2D eigenvalue weighted by Gasteiger charge is 2.21. The van der Waals surface area contributed by atoms with Crippen molar-refractivity contribution in [3.05, 3.63) is 90.5 Å². The summed E-state index contributed by atoms with van der Waals surface area (Å²) >= 11 is 0. The maximum absolute atomic E-state index is 12.5. The number of ether oxygens (including phenoxy) is 1. The Morgan fingerprint density at radius 1 is 0.903 bits per heavy atom. The molecule has 7 heteroatoms. The topological polar surface area (TPSA) is 75.7 Å². The van der Waals surface area contributed by atoms with Crippen LogP contribution in [0.2, 0.25) is 0 Å². The van der Waals surface area contributed by atoms with Crippen molar-refractivity contribution in [2.75, 3.05) is 23.7 Å². The number of anilines is 1. The number of rotatable bonds is 9. The van der Waals surface area contributed by atoms with Crippen LogP contribution in [-0.2, 0) is 14.8 Å². The van der Waals surface area contributed by atoms with Crippen molar-refractivity contribution in [1.29, 1.82) is 0 Å². The number of benzene rings is 3. The molecule has 0 radical (unpaired) electrons. The van der Waals surface area contributed by atoms with Crippen LogP contribution in [0.25, 0.3) is 0 Å². The monoisotopic (exact) mass is 438 g/mol. The van der Waals surface area contributed by atoms with Gasteiger partial charge in [-0.25, -0.2) is 8.42 Å². The number of carbonyl (C=O) groups excluding carboxylic acids is 1. The zero-order valence-electron chi connectivity index (χ0n) is 17.6. The molecule has 6 nitrogen and oxygen atoms in total. The number of carbonyl (C=O) groups is 1. The van der Waals surface area contributed by atoms with Crippen molar-refractivity contribution in [2.45, 2.75) is 12.8 Å². The van der Waals surface area contributed by atoms with Gasteiger partial charge in [0.15, 0.2) is 0 Å². The highest BCUT2D eigenvalue weighted by Crippen LogP contribution is 2.25. The molecule has 3 aromatic carbocycles. The van der Waals surface area contributed by atoms with Crippen molar-refractivity contribution in [1.82, 2.24) is 5.32 Å². The minimum atomic E-state index is -3.64. The van der Waals surface area contributed by atoms with Crippen LogP contribution in [0.5, 0.6) is 11.5 Å². The second-order valence-electron chi connectivity index (χ2n) is 7.29. The summed E-state index contributed by atoms with van der Waals surface area (Å²) in [5.74, 6) is 1.01. The van der Waals surface area contributed by atoms with E-state index in [2.05, 4.69) is 5.32 Å². The molecule has 3 aromatic rings. The molecule has 0 bridgehead atoms. The van der Waals surface area contributed by atoms with Crippen molar-refractivity contribution in [3.8, 4) is 11.5 Å². The van der Waals surface area contributed by atoms with E-state index in [1.54, 1.807) is 24.3 Å². The quantitative estimate of drug-likeness (QED) is 0.544. The van der Waals surface area contributed by atoms with Gasteiger partial charge in [0, 0.05) is 6.54 Å². The van der Waals surface area contributed by atoms with Gasteiger partial charge in [-0.2, -0.15) is 0 Å². The number of para-hydroxylation sites is 1. The van der Waals surface area contributed by atoms with Crippen LogP contribution >= 0.6 is 0 Å². The van der Waals surface area contributed by atoms with Crippen molar-refractivity contribution in [3.63, 3.8) is 0 Å². The van der Waals surface area contributed by atoms with Gasteiger partial charge in [-0.15, -0.1) is 0 Å². The van der Waals surface area contributed by atoms with E-state index in [9.17, 15) is 13.2 Å². The summed E-state index contributed by atoms with van der Waals surface area (Å²) in [6.45, 7) is 2.14. The van der Waals surface area contributed by atoms with Crippen LogP contribution in [0, 0.1) is 0 Å². The molecular weight excluding hydrogens is 412 g/mol. The van der Waals surface area contributed by atoms with Gasteiger partial charge in [-0.1, -0.05) is 55.5 Å². The first-order valence-corrected chi connectivity index (χ1v) is 11.8. The number of amides is 1. The number of hydrogen-bond donors (Lipinski definition) is 1. The van der Waals surface area contributed by atoms with Gasteiger partial charge in [0.05, 0.1) is 11.9 Å². The third-order valence-electron chi connectivity index (χ3n) is 4.77. The molecule has 0 heterocycles. The van der Waals surface area contributed by atoms with Crippen LogP contribution in [0.1, 0.15) is 18.4 Å². The van der Waals surface area contributed by atoms with E-state index in [1.165, 1.54) is 0 Å². The lowest BCUT2D eigenvalue weighted by atomic mass is 10.0. The smallest absolute Gasteiger partial charge is 0.240 e. The van der Waals surface area contributed by atoms with E-state index >= 15 is 0 Å². The van der Waals surface area contributed by atoms with Gasteiger partial charge in [-0.3, -0.25) is 9.10 Å². The first-order chi connectivity index (χ1) is 14.8. The number of hydrogen-bond acceptors (Lipinski definition) is 4. The van der Waals surface area contributed by atoms with Crippen LogP contribution in [-0.4, -0.2) is 33.7 Å². The predicted molar refractivity (Wildman–Crippen MR) is 123 cm³/mol. The lowest BCUT2D eigenvalue weighted by Crippen LogP contribution is -2.41. The van der Waals surface area contributed by atoms with E-state index in [-0.39, 0.29) is 18.4 Å². The van der Waals surface area contributed by atoms with E-state index < -0.39 is 10.0 Å². The fourth-order valence-corrected chi connectivity index (χ4v) is 3.91. The Kier molecular flexibility index (Phi) is 7.31. The summed E-state index contributed by atoms with van der Waals surface area (Å²) in [5.41, 5.74) is 1.51. The van der Waals surface area contributed by atoms with E-state index in [4.69, 9.17) is 4.74 Å². The Bertz CT molecular complexity index is 1090. The van der Waals surface area contributed by atoms with Gasteiger partial charge in [0.1, 0.15) is 18.0 Å². The molecule has 0 aliphatic carbocycles. The zero-order chi connectivity index (χ0) is 22.3. The molecule has 1 amide bonds. The molecule has 31 heavy (non-hydrogen) atoms. The van der Waals surface area contributed by atoms with E-state index in [0.29, 0.717) is 23.7 Å². The maximum atomic E-state index is 12.5. The Labute approximate surface area is 183 Å². The molecule has 0 saturated heterocycles. The Morgan fingerprint density at radius 3 is 2.03 bits per heavy atom. The van der Waals surface area contributed by atoms with Crippen molar-refractivity contribution < 1.29 is 17.9 Å². The normalized spacial score (nSPS) is 12.1. The number of sulfonamides is 1. The minimum Gasteiger partial charge on any atom is -0.457 e. The van der Waals surface area contributed by atoms with E-state index in [1.807, 2.05) is 67.6 Å². The molecule has 3 rings (SSSR count). The van der Waals surface area contributed by atoms with E-state index in [0.717, 1.165) is 16.1 Å². The Balaban J connectivity index is 1.64. The van der Waals surface area contributed by atoms with Gasteiger partial charge >= 0.3 is 0 Å². The lowest BCUT2D eigenvalue weighted by Gasteiger charge is -2.22. The van der Waals surface area contributed by atoms with Gasteiger partial charge < -0.3 is 10.1 Å². The summed E-state index contributed by atoms with van der Waals surface area (Å²) in [7, 11) is -3.64. The summed E-state index contributed by atoms with van der Waals surface area (Å²) < 4.78 is 31.5. The molecule has 1 N–H and O–H groups in total. The fourth-order valence-electron chi connectivity index (χ4n) is 3.06. The summed E-state index contributed by atoms with van der Waals surface area (Å²) in [4.78, 5) is 12.5. The average Bonchev–Trinajstić information content (AvgIpc) is 2.77. The van der Waals surface area contributed by atoms with Crippen LogP contribution < -0.4 is 14.4 Å². The molecule has 162 valence electrons. The number of nitrogens with zero attached hydrogens (tertiary/aromatic N) is 1. The predicted octanol–water partition coefficient (Wildman–Crippen LogP) is 4.16. The average molecular weight is 439 g/mol. The Hall–Kier alpha value is -3.32. The molecule has 0 fully saturated rings. The highest BCUT2D eigenvalue weighted by atomic mass is 32.2. The van der Waals surface area contributed by atoms with Gasteiger partial charge in [0.25, 0.3) is 0 Å². The molecule has 0 aliphatic heterocycles. The van der Waals surface area contributed by atoms with Crippen LogP contribution in [0.3, 0.4) is 0 Å². The van der Waals surface area contributed by atoms with Gasteiger partial charge in [-0.05, 0) is 47.9 Å². The third kappa shape index (κ3) is 6.58. The molecule has 0 aromatic heterocycles. The maximum Gasteiger partial charge on any atom is 0.240 e. The summed E-state index contributed by atoms with van der Waals surface area (Å²) in [5, 5.41) is 2.83. The molecule has 1 unspecified atom stereocenters. The molecular formula is C24H26N2O4S. The molecule has 1 atom stereocenters. The molecule has 0 spiro atoms. The summed E-state index contributed by atoms with van der Waals surface area (Å²) in [6.07, 6.45) is 1.08. The summed E-state index contributed by atoms with van der Waals surface area (Å²) in [6, 6.07) is 25.7. The molecule has 0 aliphatic rings. The first-order valence-electron chi connectivity index (χ1n) is 9.95. The van der Waals surface area contributed by atoms with Crippen LogP contribution in [0.4, 0.5) is 5.69 Å².